The van der Waals surface area contributed by atoms with Crippen molar-refractivity contribution in [2.24, 2.45) is 5.73 Å². The molecule has 18 heavy (non-hydrogen) atoms. The minimum Gasteiger partial charge on any atom is -0.456 e. The maximum absolute atomic E-state index is 13.5. The first-order valence-electron chi connectivity index (χ1n) is 5.09. The highest BCUT2D eigenvalue weighted by Crippen LogP contribution is 2.27. The molecule has 0 fully saturated rings. The molecule has 0 heterocycles. The highest BCUT2D eigenvalue weighted by atomic mass is 127. The Morgan fingerprint density at radius 2 is 1.94 bits per heavy atom. The monoisotopic (exact) mass is 357 g/mol. The fourth-order valence-corrected chi connectivity index (χ4v) is 2.00. The van der Waals surface area contributed by atoms with Gasteiger partial charge in [-0.05, 0) is 52.9 Å². The molecule has 0 aliphatic carbocycles. The van der Waals surface area contributed by atoms with Gasteiger partial charge in [-0.25, -0.2) is 4.39 Å². The summed E-state index contributed by atoms with van der Waals surface area (Å²) in [6.07, 6.45) is 0. The van der Waals surface area contributed by atoms with E-state index in [0.29, 0.717) is 5.75 Å². The Morgan fingerprint density at radius 3 is 2.61 bits per heavy atom. The molecule has 2 rings (SSSR count). The maximum Gasteiger partial charge on any atom is 0.255 e. The third kappa shape index (κ3) is 2.79. The lowest BCUT2D eigenvalue weighted by Gasteiger charge is -2.09. The Balaban J connectivity index is 2.40. The minimum absolute atomic E-state index is 0.115. The van der Waals surface area contributed by atoms with E-state index >= 15 is 0 Å². The van der Waals surface area contributed by atoms with E-state index in [1.54, 1.807) is 18.2 Å². The molecule has 0 unspecified atom stereocenters. The molecule has 0 saturated heterocycles. The summed E-state index contributed by atoms with van der Waals surface area (Å²) in [6, 6.07) is 11.3. The van der Waals surface area contributed by atoms with Crippen molar-refractivity contribution in [1.29, 1.82) is 0 Å². The fourth-order valence-electron chi connectivity index (χ4n) is 1.49. The molecule has 0 bridgehead atoms. The van der Waals surface area contributed by atoms with Gasteiger partial charge in [-0.1, -0.05) is 12.1 Å². The number of halogens is 2. The number of carbonyl (C=O) groups is 1. The van der Waals surface area contributed by atoms with Crippen molar-refractivity contribution in [3.63, 3.8) is 0 Å². The van der Waals surface area contributed by atoms with Gasteiger partial charge in [0.15, 0.2) is 0 Å². The zero-order valence-electron chi connectivity index (χ0n) is 9.19. The van der Waals surface area contributed by atoms with Crippen LogP contribution >= 0.6 is 22.6 Å². The van der Waals surface area contributed by atoms with Crippen LogP contribution in [0.25, 0.3) is 0 Å². The average Bonchev–Trinajstić information content (AvgIpc) is 2.28. The van der Waals surface area contributed by atoms with Crippen molar-refractivity contribution in [2.45, 2.75) is 0 Å². The Kier molecular flexibility index (Phi) is 3.81. The molecule has 2 N–H and O–H groups in total. The van der Waals surface area contributed by atoms with E-state index in [1.807, 2.05) is 6.07 Å². The fraction of sp³-hybridized carbons (Fsp3) is 0. The lowest BCUT2D eigenvalue weighted by atomic mass is 10.2. The molecular formula is C13H9FINO2. The van der Waals surface area contributed by atoms with E-state index < -0.39 is 11.7 Å². The predicted molar refractivity (Wildman–Crippen MR) is 74.2 cm³/mol. The standard InChI is InChI=1S/C13H9FINO2/c14-10-5-2-6-11(12(10)13(16)17)18-9-4-1-3-8(15)7-9/h1-7H,(H2,16,17). The van der Waals surface area contributed by atoms with E-state index in [2.05, 4.69) is 22.6 Å². The lowest BCUT2D eigenvalue weighted by Crippen LogP contribution is -2.14. The van der Waals surface area contributed by atoms with Gasteiger partial charge in [0.1, 0.15) is 22.9 Å². The number of rotatable bonds is 3. The SMILES string of the molecule is NC(=O)c1c(F)cccc1Oc1cccc(I)c1. The first-order chi connectivity index (χ1) is 8.58. The van der Waals surface area contributed by atoms with Gasteiger partial charge in [-0.3, -0.25) is 4.79 Å². The molecule has 92 valence electrons. The largest absolute Gasteiger partial charge is 0.456 e. The van der Waals surface area contributed by atoms with Crippen LogP contribution in [0.15, 0.2) is 42.5 Å². The predicted octanol–water partition coefficient (Wildman–Crippen LogP) is 3.32. The normalized spacial score (nSPS) is 10.1. The Labute approximate surface area is 117 Å². The van der Waals surface area contributed by atoms with Crippen LogP contribution in [0.3, 0.4) is 0 Å². The van der Waals surface area contributed by atoms with Crippen LogP contribution < -0.4 is 10.5 Å². The summed E-state index contributed by atoms with van der Waals surface area (Å²) in [4.78, 5) is 11.2. The number of carbonyl (C=O) groups excluding carboxylic acids is 1. The van der Waals surface area contributed by atoms with Gasteiger partial charge in [-0.2, -0.15) is 0 Å². The summed E-state index contributed by atoms with van der Waals surface area (Å²) in [6.45, 7) is 0. The van der Waals surface area contributed by atoms with Crippen molar-refractivity contribution in [3.8, 4) is 11.5 Å². The van der Waals surface area contributed by atoms with Crippen molar-refractivity contribution >= 4 is 28.5 Å². The Hall–Kier alpha value is -1.63. The topological polar surface area (TPSA) is 52.3 Å². The molecule has 0 aliphatic rings. The molecule has 0 saturated carbocycles. The third-order valence-corrected chi connectivity index (χ3v) is 2.92. The van der Waals surface area contributed by atoms with E-state index in [0.717, 1.165) is 3.57 Å². The summed E-state index contributed by atoms with van der Waals surface area (Å²) < 4.78 is 20.0. The van der Waals surface area contributed by atoms with Crippen LogP contribution in [-0.4, -0.2) is 5.91 Å². The van der Waals surface area contributed by atoms with E-state index in [1.165, 1.54) is 18.2 Å². The van der Waals surface area contributed by atoms with Crippen LogP contribution in [0.1, 0.15) is 10.4 Å². The molecule has 5 heteroatoms. The molecule has 3 nitrogen and oxygen atoms in total. The molecule has 2 aromatic rings. The third-order valence-electron chi connectivity index (χ3n) is 2.25. The molecular weight excluding hydrogens is 348 g/mol. The quantitative estimate of drug-likeness (QED) is 0.857. The van der Waals surface area contributed by atoms with Gasteiger partial charge in [-0.15, -0.1) is 0 Å². The number of hydrogen-bond donors (Lipinski definition) is 1. The van der Waals surface area contributed by atoms with E-state index in [4.69, 9.17) is 10.5 Å². The average molecular weight is 357 g/mol. The van der Waals surface area contributed by atoms with Crippen molar-refractivity contribution in [1.82, 2.24) is 0 Å². The van der Waals surface area contributed by atoms with Crippen molar-refractivity contribution in [3.05, 3.63) is 57.4 Å². The Bertz CT molecular complexity index is 601. The van der Waals surface area contributed by atoms with Crippen LogP contribution in [0, 0.1) is 9.39 Å². The summed E-state index contributed by atoms with van der Waals surface area (Å²) in [5.41, 5.74) is 4.90. The highest BCUT2D eigenvalue weighted by Gasteiger charge is 2.15. The Morgan fingerprint density at radius 1 is 1.22 bits per heavy atom. The summed E-state index contributed by atoms with van der Waals surface area (Å²) >= 11 is 2.13. The van der Waals surface area contributed by atoms with Gasteiger partial charge in [0.2, 0.25) is 0 Å². The van der Waals surface area contributed by atoms with Crippen molar-refractivity contribution < 1.29 is 13.9 Å². The van der Waals surface area contributed by atoms with Crippen LogP contribution in [0.2, 0.25) is 0 Å². The van der Waals surface area contributed by atoms with Gasteiger partial charge in [0.05, 0.1) is 0 Å². The van der Waals surface area contributed by atoms with Gasteiger partial charge < -0.3 is 10.5 Å². The number of amides is 1. The molecule has 0 spiro atoms. The minimum atomic E-state index is -0.853. The molecule has 0 aromatic heterocycles. The maximum atomic E-state index is 13.5. The van der Waals surface area contributed by atoms with Gasteiger partial charge in [0, 0.05) is 3.57 Å². The van der Waals surface area contributed by atoms with E-state index in [-0.39, 0.29) is 11.3 Å². The molecule has 0 atom stereocenters. The number of primary amides is 1. The summed E-state index contributed by atoms with van der Waals surface area (Å²) in [5, 5.41) is 0. The molecule has 1 amide bonds. The second kappa shape index (κ2) is 5.34. The summed E-state index contributed by atoms with van der Waals surface area (Å²) in [5.74, 6) is -0.904. The van der Waals surface area contributed by atoms with Crippen LogP contribution in [0.5, 0.6) is 11.5 Å². The first kappa shape index (κ1) is 12.8. The first-order valence-corrected chi connectivity index (χ1v) is 6.17. The zero-order valence-corrected chi connectivity index (χ0v) is 11.3. The smallest absolute Gasteiger partial charge is 0.255 e. The molecule has 0 radical (unpaired) electrons. The van der Waals surface area contributed by atoms with Crippen molar-refractivity contribution in [2.75, 3.05) is 0 Å². The molecule has 2 aromatic carbocycles. The second-order valence-electron chi connectivity index (χ2n) is 3.54. The second-order valence-corrected chi connectivity index (χ2v) is 4.78. The van der Waals surface area contributed by atoms with Gasteiger partial charge >= 0.3 is 0 Å². The molecule has 0 aliphatic heterocycles. The van der Waals surface area contributed by atoms with Crippen LogP contribution in [-0.2, 0) is 0 Å². The lowest BCUT2D eigenvalue weighted by molar-refractivity contribution is 0.0994. The zero-order chi connectivity index (χ0) is 13.1. The highest BCUT2D eigenvalue weighted by molar-refractivity contribution is 14.1. The van der Waals surface area contributed by atoms with E-state index in [9.17, 15) is 9.18 Å². The number of benzene rings is 2. The van der Waals surface area contributed by atoms with Crippen LogP contribution in [0.4, 0.5) is 4.39 Å². The number of ether oxygens (including phenoxy) is 1. The van der Waals surface area contributed by atoms with Gasteiger partial charge in [0.25, 0.3) is 5.91 Å². The number of nitrogens with two attached hydrogens (primary N) is 1. The summed E-state index contributed by atoms with van der Waals surface area (Å²) in [7, 11) is 0. The number of hydrogen-bond acceptors (Lipinski definition) is 2.